The molecule has 2 N–H and O–H groups in total. The van der Waals surface area contributed by atoms with E-state index in [2.05, 4.69) is 5.32 Å². The van der Waals surface area contributed by atoms with Gasteiger partial charge >= 0.3 is 12.1 Å². The summed E-state index contributed by atoms with van der Waals surface area (Å²) in [5.74, 6) is -3.15. The summed E-state index contributed by atoms with van der Waals surface area (Å²) in [6, 6.07) is 1.44. The summed E-state index contributed by atoms with van der Waals surface area (Å²) in [4.78, 5) is 25.1. The molecule has 1 saturated heterocycles. The van der Waals surface area contributed by atoms with Crippen molar-refractivity contribution in [3.05, 3.63) is 35.4 Å². The lowest BCUT2D eigenvalue weighted by Gasteiger charge is -2.37. The second kappa shape index (κ2) is 7.99. The topological polar surface area (TPSA) is 78.9 Å². The van der Waals surface area contributed by atoms with Crippen molar-refractivity contribution in [3.63, 3.8) is 0 Å². The number of hydrogen-bond donors (Lipinski definition) is 2. The number of carbonyl (C=O) groups is 2. The molecule has 1 unspecified atom stereocenters. The average Bonchev–Trinajstić information content (AvgIpc) is 2.48. The van der Waals surface area contributed by atoms with Gasteiger partial charge in [-0.05, 0) is 52.3 Å². The third-order valence-electron chi connectivity index (χ3n) is 4.05. The predicted octanol–water partition coefficient (Wildman–Crippen LogP) is 3.08. The second-order valence-corrected chi connectivity index (χ2v) is 7.36. The van der Waals surface area contributed by atoms with Crippen LogP contribution in [0.15, 0.2) is 18.2 Å². The van der Waals surface area contributed by atoms with Gasteiger partial charge in [0.2, 0.25) is 0 Å². The molecule has 0 saturated carbocycles. The average molecular weight is 370 g/mol. The van der Waals surface area contributed by atoms with Gasteiger partial charge in [-0.25, -0.2) is 13.6 Å². The highest BCUT2D eigenvalue weighted by atomic mass is 19.1. The Balaban J connectivity index is 2.15. The molecule has 1 aromatic carbocycles. The number of rotatable bonds is 4. The lowest BCUT2D eigenvalue weighted by molar-refractivity contribution is -0.144. The number of alkyl carbamates (subject to hydrolysis) is 1. The molecule has 1 heterocycles. The van der Waals surface area contributed by atoms with Crippen LogP contribution in [0.1, 0.15) is 45.2 Å². The van der Waals surface area contributed by atoms with E-state index in [4.69, 9.17) is 4.74 Å². The van der Waals surface area contributed by atoms with E-state index in [1.165, 1.54) is 11.0 Å². The SMILES string of the molecule is CC(C)(C)OC(=O)N[C@@H]1CCCN(C(C(=O)O)c2c(F)cccc2F)C1. The fraction of sp³-hybridized carbons (Fsp3) is 0.556. The summed E-state index contributed by atoms with van der Waals surface area (Å²) in [6.07, 6.45) is 0.607. The molecule has 0 bridgehead atoms. The van der Waals surface area contributed by atoms with Gasteiger partial charge < -0.3 is 15.2 Å². The number of carboxylic acids is 1. The number of hydrogen-bond acceptors (Lipinski definition) is 4. The van der Waals surface area contributed by atoms with Crippen LogP contribution in [0.4, 0.5) is 13.6 Å². The van der Waals surface area contributed by atoms with Crippen LogP contribution in [0.3, 0.4) is 0 Å². The number of aliphatic carboxylic acids is 1. The van der Waals surface area contributed by atoms with E-state index in [-0.39, 0.29) is 12.6 Å². The minimum Gasteiger partial charge on any atom is -0.480 e. The normalized spacial score (nSPS) is 19.7. The maximum absolute atomic E-state index is 14.1. The minimum absolute atomic E-state index is 0.157. The van der Waals surface area contributed by atoms with Gasteiger partial charge in [-0.15, -0.1) is 0 Å². The van der Waals surface area contributed by atoms with Crippen molar-refractivity contribution < 1.29 is 28.2 Å². The molecule has 2 rings (SSSR count). The van der Waals surface area contributed by atoms with Crippen molar-refractivity contribution in [3.8, 4) is 0 Å². The van der Waals surface area contributed by atoms with Crippen molar-refractivity contribution in [2.24, 2.45) is 0 Å². The van der Waals surface area contributed by atoms with Crippen molar-refractivity contribution in [2.75, 3.05) is 13.1 Å². The minimum atomic E-state index is -1.46. The third kappa shape index (κ3) is 5.14. The Kier molecular flexibility index (Phi) is 6.17. The van der Waals surface area contributed by atoms with Crippen molar-refractivity contribution in [2.45, 2.75) is 51.3 Å². The number of halogens is 2. The van der Waals surface area contributed by atoms with Gasteiger partial charge in [0, 0.05) is 12.6 Å². The van der Waals surface area contributed by atoms with Crippen LogP contribution in [0, 0.1) is 11.6 Å². The molecule has 1 fully saturated rings. The van der Waals surface area contributed by atoms with Gasteiger partial charge in [-0.1, -0.05) is 6.07 Å². The molecule has 0 aliphatic carbocycles. The number of piperidine rings is 1. The summed E-state index contributed by atoms with van der Waals surface area (Å²) in [5, 5.41) is 12.3. The quantitative estimate of drug-likeness (QED) is 0.852. The summed E-state index contributed by atoms with van der Waals surface area (Å²) >= 11 is 0. The lowest BCUT2D eigenvalue weighted by atomic mass is 9.98. The Morgan fingerprint density at radius 3 is 2.46 bits per heavy atom. The predicted molar refractivity (Wildman–Crippen MR) is 90.7 cm³/mol. The maximum Gasteiger partial charge on any atom is 0.407 e. The van der Waals surface area contributed by atoms with Crippen molar-refractivity contribution in [1.29, 1.82) is 0 Å². The largest absolute Gasteiger partial charge is 0.480 e. The molecule has 1 aliphatic heterocycles. The molecule has 2 atom stereocenters. The van der Waals surface area contributed by atoms with E-state index in [1.54, 1.807) is 20.8 Å². The fourth-order valence-corrected chi connectivity index (χ4v) is 3.07. The van der Waals surface area contributed by atoms with Gasteiger partial charge in [0.1, 0.15) is 23.3 Å². The summed E-state index contributed by atoms with van der Waals surface area (Å²) in [7, 11) is 0. The molecular formula is C18H24F2N2O4. The van der Waals surface area contributed by atoms with E-state index in [9.17, 15) is 23.5 Å². The molecule has 6 nitrogen and oxygen atoms in total. The van der Waals surface area contributed by atoms with Gasteiger partial charge in [0.25, 0.3) is 0 Å². The Morgan fingerprint density at radius 2 is 1.92 bits per heavy atom. The highest BCUT2D eigenvalue weighted by Crippen LogP contribution is 2.29. The molecule has 1 amide bonds. The summed E-state index contributed by atoms with van der Waals surface area (Å²) < 4.78 is 33.4. The number of ether oxygens (including phenoxy) is 1. The molecule has 1 aliphatic rings. The van der Waals surface area contributed by atoms with Gasteiger partial charge in [0.15, 0.2) is 0 Å². The zero-order chi connectivity index (χ0) is 19.5. The first kappa shape index (κ1) is 20.1. The first-order chi connectivity index (χ1) is 12.1. The van der Waals surface area contributed by atoms with Gasteiger partial charge in [-0.3, -0.25) is 9.69 Å². The molecule has 0 radical (unpaired) electrons. The lowest BCUT2D eigenvalue weighted by Crippen LogP contribution is -2.51. The van der Waals surface area contributed by atoms with Crippen molar-refractivity contribution >= 4 is 12.1 Å². The summed E-state index contributed by atoms with van der Waals surface area (Å²) in [6.45, 7) is 5.73. The first-order valence-electron chi connectivity index (χ1n) is 8.49. The van der Waals surface area contributed by atoms with E-state index in [0.717, 1.165) is 12.1 Å². The number of nitrogens with one attached hydrogen (secondary N) is 1. The molecular weight excluding hydrogens is 346 g/mol. The highest BCUT2D eigenvalue weighted by Gasteiger charge is 2.36. The highest BCUT2D eigenvalue weighted by molar-refractivity contribution is 5.76. The Hall–Kier alpha value is -2.22. The van der Waals surface area contributed by atoms with Gasteiger partial charge in [0.05, 0.1) is 5.56 Å². The maximum atomic E-state index is 14.1. The van der Waals surface area contributed by atoms with E-state index in [1.807, 2.05) is 0 Å². The molecule has 26 heavy (non-hydrogen) atoms. The first-order valence-corrected chi connectivity index (χ1v) is 8.49. The van der Waals surface area contributed by atoms with E-state index < -0.39 is 40.9 Å². The second-order valence-electron chi connectivity index (χ2n) is 7.36. The van der Waals surface area contributed by atoms with Crippen LogP contribution in [0.25, 0.3) is 0 Å². The van der Waals surface area contributed by atoms with Crippen LogP contribution in [0.2, 0.25) is 0 Å². The van der Waals surface area contributed by atoms with Crippen LogP contribution in [-0.4, -0.2) is 46.8 Å². The van der Waals surface area contributed by atoms with Crippen LogP contribution < -0.4 is 5.32 Å². The van der Waals surface area contributed by atoms with E-state index in [0.29, 0.717) is 19.4 Å². The zero-order valence-corrected chi connectivity index (χ0v) is 15.1. The Morgan fingerprint density at radius 1 is 1.31 bits per heavy atom. The number of likely N-dealkylation sites (tertiary alicyclic amines) is 1. The number of carboxylic acid groups (broad SMARTS) is 1. The molecule has 0 aromatic heterocycles. The standard InChI is InChI=1S/C18H24F2N2O4/c1-18(2,3)26-17(25)21-11-6-5-9-22(10-11)15(16(23)24)14-12(19)7-4-8-13(14)20/h4,7-8,11,15H,5-6,9-10H2,1-3H3,(H,21,25)(H,23,24)/t11-,15?/m1/s1. The Labute approximate surface area is 151 Å². The van der Waals surface area contributed by atoms with Crippen LogP contribution in [-0.2, 0) is 9.53 Å². The smallest absolute Gasteiger partial charge is 0.407 e. The van der Waals surface area contributed by atoms with Crippen molar-refractivity contribution in [1.82, 2.24) is 10.2 Å². The third-order valence-corrected chi connectivity index (χ3v) is 4.05. The zero-order valence-electron chi connectivity index (χ0n) is 15.1. The Bertz CT molecular complexity index is 655. The monoisotopic (exact) mass is 370 g/mol. The van der Waals surface area contributed by atoms with Crippen LogP contribution >= 0.6 is 0 Å². The molecule has 0 spiro atoms. The molecule has 144 valence electrons. The number of nitrogens with zero attached hydrogens (tertiary/aromatic N) is 1. The van der Waals surface area contributed by atoms with E-state index >= 15 is 0 Å². The number of benzene rings is 1. The van der Waals surface area contributed by atoms with Crippen LogP contribution in [0.5, 0.6) is 0 Å². The fourth-order valence-electron chi connectivity index (χ4n) is 3.07. The van der Waals surface area contributed by atoms with Gasteiger partial charge in [-0.2, -0.15) is 0 Å². The number of carbonyl (C=O) groups excluding carboxylic acids is 1. The number of amides is 1. The summed E-state index contributed by atoms with van der Waals surface area (Å²) in [5.41, 5.74) is -1.14. The molecule has 1 aromatic rings. The molecule has 8 heteroatoms.